The summed E-state index contributed by atoms with van der Waals surface area (Å²) < 4.78 is 5.14. The van der Waals surface area contributed by atoms with Gasteiger partial charge >= 0.3 is 0 Å². The van der Waals surface area contributed by atoms with Crippen molar-refractivity contribution in [1.82, 2.24) is 0 Å². The Morgan fingerprint density at radius 1 is 1.47 bits per heavy atom. The van der Waals surface area contributed by atoms with Crippen LogP contribution < -0.4 is 10.6 Å². The summed E-state index contributed by atoms with van der Waals surface area (Å²) in [5.74, 6) is 0. The summed E-state index contributed by atoms with van der Waals surface area (Å²) in [4.78, 5) is 2.19. The Hall–Kier alpha value is -1.22. The molecular weight excluding hydrogens is 188 g/mol. The summed E-state index contributed by atoms with van der Waals surface area (Å²) in [5.41, 5.74) is 8.98. The molecule has 0 heterocycles. The van der Waals surface area contributed by atoms with Crippen molar-refractivity contribution in [2.45, 2.75) is 19.9 Å². The molecule has 3 heteroatoms. The van der Waals surface area contributed by atoms with Gasteiger partial charge in [0.05, 0.1) is 6.61 Å². The SMILES string of the molecule is COCC(C)N(C)c1cc(N)ccc1C. The quantitative estimate of drug-likeness (QED) is 0.770. The summed E-state index contributed by atoms with van der Waals surface area (Å²) in [7, 11) is 3.78. The van der Waals surface area contributed by atoms with E-state index in [1.165, 1.54) is 11.3 Å². The van der Waals surface area contributed by atoms with Gasteiger partial charge in [-0.1, -0.05) is 6.07 Å². The first-order valence-electron chi connectivity index (χ1n) is 5.14. The van der Waals surface area contributed by atoms with E-state index in [0.717, 1.165) is 5.69 Å². The van der Waals surface area contributed by atoms with Crippen LogP contribution in [0.4, 0.5) is 11.4 Å². The number of methoxy groups -OCH3 is 1. The monoisotopic (exact) mass is 208 g/mol. The zero-order chi connectivity index (χ0) is 11.4. The highest BCUT2D eigenvalue weighted by atomic mass is 16.5. The number of nitrogen functional groups attached to an aromatic ring is 1. The number of hydrogen-bond acceptors (Lipinski definition) is 3. The highest BCUT2D eigenvalue weighted by Gasteiger charge is 2.11. The zero-order valence-corrected chi connectivity index (χ0v) is 9.95. The highest BCUT2D eigenvalue weighted by Crippen LogP contribution is 2.23. The first-order valence-corrected chi connectivity index (χ1v) is 5.14. The molecule has 0 aromatic heterocycles. The number of nitrogens with two attached hydrogens (primary N) is 1. The molecule has 84 valence electrons. The lowest BCUT2D eigenvalue weighted by molar-refractivity contribution is 0.183. The third kappa shape index (κ3) is 2.86. The fourth-order valence-electron chi connectivity index (χ4n) is 1.60. The number of likely N-dealkylation sites (N-methyl/N-ethyl adjacent to an activating group) is 1. The molecule has 1 atom stereocenters. The van der Waals surface area contributed by atoms with Crippen LogP contribution in [0.15, 0.2) is 18.2 Å². The highest BCUT2D eigenvalue weighted by molar-refractivity contribution is 5.60. The molecule has 1 aromatic carbocycles. The van der Waals surface area contributed by atoms with Crippen LogP contribution in [0.3, 0.4) is 0 Å². The van der Waals surface area contributed by atoms with Crippen LogP contribution in [0, 0.1) is 6.92 Å². The van der Waals surface area contributed by atoms with Crippen molar-refractivity contribution >= 4 is 11.4 Å². The second kappa shape index (κ2) is 5.03. The molecule has 0 bridgehead atoms. The van der Waals surface area contributed by atoms with Crippen molar-refractivity contribution in [3.05, 3.63) is 23.8 Å². The summed E-state index contributed by atoms with van der Waals surface area (Å²) >= 11 is 0. The Kier molecular flexibility index (Phi) is 3.97. The van der Waals surface area contributed by atoms with Gasteiger partial charge in [0.2, 0.25) is 0 Å². The molecule has 0 spiro atoms. The van der Waals surface area contributed by atoms with E-state index in [-0.39, 0.29) is 0 Å². The minimum absolute atomic E-state index is 0.343. The van der Waals surface area contributed by atoms with Gasteiger partial charge in [-0.05, 0) is 31.5 Å². The third-order valence-electron chi connectivity index (χ3n) is 2.68. The lowest BCUT2D eigenvalue weighted by Crippen LogP contribution is -2.33. The predicted molar refractivity (Wildman–Crippen MR) is 65.3 cm³/mol. The number of anilines is 2. The average Bonchev–Trinajstić information content (AvgIpc) is 2.21. The van der Waals surface area contributed by atoms with Crippen molar-refractivity contribution in [1.29, 1.82) is 0 Å². The van der Waals surface area contributed by atoms with E-state index in [1.807, 2.05) is 18.2 Å². The molecular formula is C12H20N2O. The van der Waals surface area contributed by atoms with Crippen molar-refractivity contribution in [3.8, 4) is 0 Å². The minimum atomic E-state index is 0.343. The van der Waals surface area contributed by atoms with E-state index >= 15 is 0 Å². The summed E-state index contributed by atoms with van der Waals surface area (Å²) in [6, 6.07) is 6.31. The Bertz CT molecular complexity index is 325. The first kappa shape index (κ1) is 11.9. The Morgan fingerprint density at radius 3 is 2.73 bits per heavy atom. The van der Waals surface area contributed by atoms with Gasteiger partial charge in [-0.25, -0.2) is 0 Å². The fourth-order valence-corrected chi connectivity index (χ4v) is 1.60. The number of hydrogen-bond donors (Lipinski definition) is 1. The molecule has 0 amide bonds. The van der Waals surface area contributed by atoms with Crippen molar-refractivity contribution in [2.75, 3.05) is 31.4 Å². The Labute approximate surface area is 91.8 Å². The summed E-state index contributed by atoms with van der Waals surface area (Å²) in [5, 5.41) is 0. The normalized spacial score (nSPS) is 12.5. The number of nitrogens with zero attached hydrogens (tertiary/aromatic N) is 1. The second-order valence-corrected chi connectivity index (χ2v) is 3.96. The summed E-state index contributed by atoms with van der Waals surface area (Å²) in [6.07, 6.45) is 0. The largest absolute Gasteiger partial charge is 0.399 e. The van der Waals surface area contributed by atoms with Crippen LogP contribution in [-0.2, 0) is 4.74 Å². The minimum Gasteiger partial charge on any atom is -0.399 e. The van der Waals surface area contributed by atoms with Crippen molar-refractivity contribution < 1.29 is 4.74 Å². The Morgan fingerprint density at radius 2 is 2.13 bits per heavy atom. The van der Waals surface area contributed by atoms with E-state index in [2.05, 4.69) is 25.8 Å². The topological polar surface area (TPSA) is 38.5 Å². The van der Waals surface area contributed by atoms with E-state index in [4.69, 9.17) is 10.5 Å². The maximum Gasteiger partial charge on any atom is 0.0663 e. The standard InChI is InChI=1S/C12H20N2O/c1-9-5-6-11(13)7-12(9)14(3)10(2)8-15-4/h5-7,10H,8,13H2,1-4H3. The molecule has 2 N–H and O–H groups in total. The van der Waals surface area contributed by atoms with Gasteiger partial charge < -0.3 is 15.4 Å². The maximum absolute atomic E-state index is 5.78. The van der Waals surface area contributed by atoms with Crippen molar-refractivity contribution in [2.24, 2.45) is 0 Å². The molecule has 0 saturated heterocycles. The van der Waals surface area contributed by atoms with Crippen LogP contribution >= 0.6 is 0 Å². The second-order valence-electron chi connectivity index (χ2n) is 3.96. The zero-order valence-electron chi connectivity index (χ0n) is 9.95. The smallest absolute Gasteiger partial charge is 0.0663 e. The molecule has 1 unspecified atom stereocenters. The van der Waals surface area contributed by atoms with Gasteiger partial charge in [-0.3, -0.25) is 0 Å². The van der Waals surface area contributed by atoms with Gasteiger partial charge in [-0.2, -0.15) is 0 Å². The van der Waals surface area contributed by atoms with Crippen molar-refractivity contribution in [3.63, 3.8) is 0 Å². The number of benzene rings is 1. The van der Waals surface area contributed by atoms with Gasteiger partial charge in [0.25, 0.3) is 0 Å². The van der Waals surface area contributed by atoms with Gasteiger partial charge in [0.15, 0.2) is 0 Å². The number of ether oxygens (including phenoxy) is 1. The molecule has 0 aliphatic rings. The first-order chi connectivity index (χ1) is 7.06. The Balaban J connectivity index is 2.89. The maximum atomic E-state index is 5.78. The van der Waals surface area contributed by atoms with Crippen LogP contribution in [0.1, 0.15) is 12.5 Å². The molecule has 15 heavy (non-hydrogen) atoms. The summed E-state index contributed by atoms with van der Waals surface area (Å²) in [6.45, 7) is 4.93. The van der Waals surface area contributed by atoms with Crippen LogP contribution in [-0.4, -0.2) is 26.8 Å². The lowest BCUT2D eigenvalue weighted by Gasteiger charge is -2.28. The number of rotatable bonds is 4. The molecule has 0 aliphatic carbocycles. The van der Waals surface area contributed by atoms with Crippen LogP contribution in [0.25, 0.3) is 0 Å². The molecule has 3 nitrogen and oxygen atoms in total. The van der Waals surface area contributed by atoms with Gasteiger partial charge in [-0.15, -0.1) is 0 Å². The molecule has 1 rings (SSSR count). The van der Waals surface area contributed by atoms with Gasteiger partial charge in [0.1, 0.15) is 0 Å². The van der Waals surface area contributed by atoms with Crippen LogP contribution in [0.5, 0.6) is 0 Å². The predicted octanol–water partition coefficient (Wildman–Crippen LogP) is 2.05. The molecule has 0 radical (unpaired) electrons. The fraction of sp³-hybridized carbons (Fsp3) is 0.500. The molecule has 0 aliphatic heterocycles. The molecule has 0 saturated carbocycles. The van der Waals surface area contributed by atoms with E-state index in [9.17, 15) is 0 Å². The molecule has 0 fully saturated rings. The van der Waals surface area contributed by atoms with E-state index in [1.54, 1.807) is 7.11 Å². The lowest BCUT2D eigenvalue weighted by atomic mass is 10.1. The third-order valence-corrected chi connectivity index (χ3v) is 2.68. The number of aryl methyl sites for hydroxylation is 1. The molecule has 1 aromatic rings. The average molecular weight is 208 g/mol. The van der Waals surface area contributed by atoms with E-state index < -0.39 is 0 Å². The van der Waals surface area contributed by atoms with Crippen LogP contribution in [0.2, 0.25) is 0 Å². The van der Waals surface area contributed by atoms with Gasteiger partial charge in [0, 0.05) is 31.6 Å². The van der Waals surface area contributed by atoms with E-state index in [0.29, 0.717) is 12.6 Å².